The number of amides is 1. The molecule has 1 aliphatic rings. The molecule has 0 aliphatic carbocycles. The van der Waals surface area contributed by atoms with E-state index in [2.05, 4.69) is 4.98 Å². The molecule has 0 aromatic carbocycles. The number of carbonyl (C=O) groups is 2. The van der Waals surface area contributed by atoms with E-state index < -0.39 is 0 Å². The van der Waals surface area contributed by atoms with Crippen LogP contribution < -0.4 is 0 Å². The van der Waals surface area contributed by atoms with Gasteiger partial charge < -0.3 is 4.90 Å². The molecule has 0 saturated carbocycles. The fourth-order valence-corrected chi connectivity index (χ4v) is 2.10. The van der Waals surface area contributed by atoms with Crippen molar-refractivity contribution in [3.8, 4) is 0 Å². The Morgan fingerprint density at radius 3 is 2.81 bits per heavy atom. The van der Waals surface area contributed by atoms with Gasteiger partial charge in [-0.15, -0.1) is 0 Å². The van der Waals surface area contributed by atoms with Crippen LogP contribution in [0, 0.1) is 0 Å². The van der Waals surface area contributed by atoms with Crippen molar-refractivity contribution in [2.45, 2.75) is 25.8 Å². The molecule has 84 valence electrons. The summed E-state index contributed by atoms with van der Waals surface area (Å²) >= 11 is 0. The summed E-state index contributed by atoms with van der Waals surface area (Å²) in [6, 6.07) is 3.77. The summed E-state index contributed by atoms with van der Waals surface area (Å²) in [6.45, 7) is 2.25. The highest BCUT2D eigenvalue weighted by Crippen LogP contribution is 2.26. The Balaban J connectivity index is 2.24. The lowest BCUT2D eigenvalue weighted by Gasteiger charge is -2.26. The Morgan fingerprint density at radius 1 is 1.50 bits per heavy atom. The van der Waals surface area contributed by atoms with Gasteiger partial charge in [-0.3, -0.25) is 14.6 Å². The number of Topliss-reactive ketones (excluding diaryl/α,β-unsaturated/α-hetero) is 1. The molecule has 1 aromatic rings. The summed E-state index contributed by atoms with van der Waals surface area (Å²) in [7, 11) is 0. The molecule has 1 saturated heterocycles. The second-order valence-electron chi connectivity index (χ2n) is 3.95. The van der Waals surface area contributed by atoms with E-state index in [1.807, 2.05) is 19.1 Å². The molecule has 4 heteroatoms. The van der Waals surface area contributed by atoms with Crippen LogP contribution in [0.2, 0.25) is 0 Å². The van der Waals surface area contributed by atoms with Gasteiger partial charge in [0.25, 0.3) is 0 Å². The van der Waals surface area contributed by atoms with Crippen molar-refractivity contribution in [3.05, 3.63) is 30.1 Å². The van der Waals surface area contributed by atoms with E-state index in [0.29, 0.717) is 0 Å². The van der Waals surface area contributed by atoms with Crippen LogP contribution in [0.4, 0.5) is 0 Å². The van der Waals surface area contributed by atoms with Crippen molar-refractivity contribution >= 4 is 11.7 Å². The maximum atomic E-state index is 11.6. The van der Waals surface area contributed by atoms with Crippen molar-refractivity contribution in [1.29, 1.82) is 0 Å². The number of nitrogens with zero attached hydrogens (tertiary/aromatic N) is 2. The lowest BCUT2D eigenvalue weighted by molar-refractivity contribution is -0.129. The largest absolute Gasteiger partial charge is 0.328 e. The lowest BCUT2D eigenvalue weighted by atomic mass is 10.1. The molecule has 16 heavy (non-hydrogen) atoms. The molecule has 0 spiro atoms. The van der Waals surface area contributed by atoms with Gasteiger partial charge in [0, 0.05) is 12.4 Å². The molecule has 0 bridgehead atoms. The van der Waals surface area contributed by atoms with Gasteiger partial charge in [-0.25, -0.2) is 0 Å². The fraction of sp³-hybridized carbons (Fsp3) is 0.417. The van der Waals surface area contributed by atoms with Gasteiger partial charge in [0.15, 0.2) is 5.78 Å². The lowest BCUT2D eigenvalue weighted by Crippen LogP contribution is -2.30. The molecular formula is C12H14N2O2. The summed E-state index contributed by atoms with van der Waals surface area (Å²) in [5, 5.41) is 0. The number of hydrogen-bond acceptors (Lipinski definition) is 3. The second kappa shape index (κ2) is 4.43. The first-order valence-corrected chi connectivity index (χ1v) is 5.43. The molecule has 2 rings (SSSR count). The maximum Gasteiger partial charge on any atom is 0.231 e. The molecule has 2 heterocycles. The average Bonchev–Trinajstić information content (AvgIpc) is 2.61. The van der Waals surface area contributed by atoms with E-state index in [1.165, 1.54) is 0 Å². The smallest absolute Gasteiger partial charge is 0.231 e. The van der Waals surface area contributed by atoms with Crippen LogP contribution in [-0.2, 0) is 9.59 Å². The number of aromatic nitrogens is 1. The summed E-state index contributed by atoms with van der Waals surface area (Å²) in [5.41, 5.74) is 0.994. The summed E-state index contributed by atoms with van der Waals surface area (Å²) < 4.78 is 0. The van der Waals surface area contributed by atoms with Gasteiger partial charge in [-0.1, -0.05) is 13.0 Å². The zero-order valence-corrected chi connectivity index (χ0v) is 9.22. The number of rotatable bonds is 3. The average molecular weight is 218 g/mol. The minimum Gasteiger partial charge on any atom is -0.328 e. The predicted molar refractivity (Wildman–Crippen MR) is 58.6 cm³/mol. The van der Waals surface area contributed by atoms with E-state index >= 15 is 0 Å². The molecule has 1 fully saturated rings. The van der Waals surface area contributed by atoms with Crippen LogP contribution in [0.3, 0.4) is 0 Å². The van der Waals surface area contributed by atoms with E-state index in [0.717, 1.165) is 12.0 Å². The van der Waals surface area contributed by atoms with Crippen LogP contribution in [0.25, 0.3) is 0 Å². The highest BCUT2D eigenvalue weighted by molar-refractivity contribution is 6.05. The number of pyridine rings is 1. The number of hydrogen-bond donors (Lipinski definition) is 0. The van der Waals surface area contributed by atoms with E-state index in [4.69, 9.17) is 0 Å². The van der Waals surface area contributed by atoms with Crippen LogP contribution in [-0.4, -0.2) is 28.1 Å². The molecule has 1 atom stereocenters. The fourth-order valence-electron chi connectivity index (χ4n) is 2.10. The monoisotopic (exact) mass is 218 g/mol. The number of likely N-dealkylation sites (tertiary alicyclic amines) is 1. The number of carbonyl (C=O) groups excluding carboxylic acids is 2. The van der Waals surface area contributed by atoms with E-state index in [9.17, 15) is 9.59 Å². The molecule has 0 radical (unpaired) electrons. The van der Waals surface area contributed by atoms with Gasteiger partial charge in [-0.05, 0) is 18.1 Å². The van der Waals surface area contributed by atoms with Gasteiger partial charge in [0.1, 0.15) is 0 Å². The summed E-state index contributed by atoms with van der Waals surface area (Å²) in [6.07, 6.45) is 4.30. The first-order valence-electron chi connectivity index (χ1n) is 5.43. The molecule has 0 N–H and O–H groups in total. The Morgan fingerprint density at radius 2 is 2.31 bits per heavy atom. The van der Waals surface area contributed by atoms with Gasteiger partial charge in [0.05, 0.1) is 19.0 Å². The quantitative estimate of drug-likeness (QED) is 0.719. The summed E-state index contributed by atoms with van der Waals surface area (Å²) in [4.78, 5) is 28.6. The zero-order chi connectivity index (χ0) is 11.5. The second-order valence-corrected chi connectivity index (χ2v) is 3.95. The first-order chi connectivity index (χ1) is 7.72. The third-order valence-corrected chi connectivity index (χ3v) is 2.85. The standard InChI is InChI=1S/C12H14N2O2/c1-2-11(9-4-3-5-13-7-9)14-8-10(15)6-12(14)16/h3-5,7,11H,2,6,8H2,1H3. The van der Waals surface area contributed by atoms with Crippen molar-refractivity contribution in [3.63, 3.8) is 0 Å². The Hall–Kier alpha value is -1.71. The molecular weight excluding hydrogens is 204 g/mol. The van der Waals surface area contributed by atoms with Crippen molar-refractivity contribution in [2.75, 3.05) is 6.54 Å². The first kappa shape index (κ1) is 10.8. The normalized spacial score (nSPS) is 17.9. The van der Waals surface area contributed by atoms with Crippen molar-refractivity contribution < 1.29 is 9.59 Å². The third kappa shape index (κ3) is 1.96. The van der Waals surface area contributed by atoms with Crippen LogP contribution in [0.5, 0.6) is 0 Å². The van der Waals surface area contributed by atoms with Gasteiger partial charge in [-0.2, -0.15) is 0 Å². The van der Waals surface area contributed by atoms with Gasteiger partial charge >= 0.3 is 0 Å². The SMILES string of the molecule is CCC(c1cccnc1)N1CC(=O)CC1=O. The van der Waals surface area contributed by atoms with Crippen LogP contribution in [0.15, 0.2) is 24.5 Å². The summed E-state index contributed by atoms with van der Waals surface area (Å²) in [5.74, 6) is -0.0620. The zero-order valence-electron chi connectivity index (χ0n) is 9.22. The highest BCUT2D eigenvalue weighted by atomic mass is 16.2. The van der Waals surface area contributed by atoms with Gasteiger partial charge in [0.2, 0.25) is 5.91 Å². The molecule has 1 aromatic heterocycles. The number of ketones is 1. The Labute approximate surface area is 94.3 Å². The minimum atomic E-state index is -0.0688. The predicted octanol–water partition coefficient (Wildman–Crippen LogP) is 1.33. The molecule has 1 aliphatic heterocycles. The topological polar surface area (TPSA) is 50.3 Å². The van der Waals surface area contributed by atoms with E-state index in [1.54, 1.807) is 17.3 Å². The molecule has 1 unspecified atom stereocenters. The van der Waals surface area contributed by atoms with Crippen molar-refractivity contribution in [1.82, 2.24) is 9.88 Å². The Kier molecular flexibility index (Phi) is 2.99. The maximum absolute atomic E-state index is 11.6. The third-order valence-electron chi connectivity index (χ3n) is 2.85. The highest BCUT2D eigenvalue weighted by Gasteiger charge is 2.32. The minimum absolute atomic E-state index is 0.00680. The molecule has 1 amide bonds. The van der Waals surface area contributed by atoms with Crippen LogP contribution >= 0.6 is 0 Å². The van der Waals surface area contributed by atoms with Crippen LogP contribution in [0.1, 0.15) is 31.4 Å². The molecule has 4 nitrogen and oxygen atoms in total. The Bertz CT molecular complexity index is 403. The van der Waals surface area contributed by atoms with E-state index in [-0.39, 0.29) is 30.7 Å². The van der Waals surface area contributed by atoms with Crippen molar-refractivity contribution in [2.24, 2.45) is 0 Å².